The van der Waals surface area contributed by atoms with Gasteiger partial charge < -0.3 is 15.7 Å². The molecule has 1 aliphatic heterocycles. The van der Waals surface area contributed by atoms with Crippen LogP contribution in [0.4, 0.5) is 5.00 Å². The van der Waals surface area contributed by atoms with Crippen LogP contribution < -0.4 is 10.6 Å². The Labute approximate surface area is 154 Å². The summed E-state index contributed by atoms with van der Waals surface area (Å²) in [6, 6.07) is 3.59. The van der Waals surface area contributed by atoms with Crippen molar-refractivity contribution in [2.75, 3.05) is 5.32 Å². The number of benzene rings is 1. The quantitative estimate of drug-likeness (QED) is 0.581. The molecule has 1 atom stereocenters. The van der Waals surface area contributed by atoms with Gasteiger partial charge in [0, 0.05) is 14.9 Å². The van der Waals surface area contributed by atoms with Crippen LogP contribution in [0, 0.1) is 0 Å². The summed E-state index contributed by atoms with van der Waals surface area (Å²) in [5, 5.41) is 17.6. The molecule has 0 saturated heterocycles. The van der Waals surface area contributed by atoms with E-state index in [1.165, 1.54) is 16.9 Å². The van der Waals surface area contributed by atoms with Crippen LogP contribution in [-0.4, -0.2) is 11.0 Å². The third-order valence-corrected chi connectivity index (χ3v) is 6.60. The normalized spacial score (nSPS) is 19.6. The van der Waals surface area contributed by atoms with Crippen LogP contribution in [-0.2, 0) is 12.8 Å². The number of aromatic hydroxyl groups is 1. The van der Waals surface area contributed by atoms with Crippen molar-refractivity contribution in [3.63, 3.8) is 0 Å². The van der Waals surface area contributed by atoms with E-state index in [1.54, 1.807) is 17.4 Å². The summed E-state index contributed by atoms with van der Waals surface area (Å²) >= 11 is 8.44. The number of thiophene rings is 1. The van der Waals surface area contributed by atoms with Crippen molar-refractivity contribution in [2.24, 2.45) is 0 Å². The van der Waals surface area contributed by atoms with Gasteiger partial charge in [-0.2, -0.15) is 0 Å². The van der Waals surface area contributed by atoms with Gasteiger partial charge >= 0.3 is 0 Å². The highest BCUT2D eigenvalue weighted by atomic mass is 79.9. The summed E-state index contributed by atoms with van der Waals surface area (Å²) in [4.78, 5) is 14.0. The fourth-order valence-electron chi connectivity index (χ4n) is 3.24. The van der Waals surface area contributed by atoms with E-state index in [0.29, 0.717) is 10.0 Å². The van der Waals surface area contributed by atoms with Gasteiger partial charge in [0.2, 0.25) is 0 Å². The second-order valence-electron chi connectivity index (χ2n) is 5.79. The molecule has 7 heteroatoms. The molecular formula is C16H14Br2N2O2S. The van der Waals surface area contributed by atoms with E-state index in [0.717, 1.165) is 34.3 Å². The Kier molecular flexibility index (Phi) is 3.90. The molecule has 0 radical (unpaired) electrons. The lowest BCUT2D eigenvalue weighted by molar-refractivity contribution is 0.0935. The van der Waals surface area contributed by atoms with E-state index in [2.05, 4.69) is 42.5 Å². The van der Waals surface area contributed by atoms with Crippen LogP contribution in [0.25, 0.3) is 0 Å². The lowest BCUT2D eigenvalue weighted by Crippen LogP contribution is -2.38. The fourth-order valence-corrected chi connectivity index (χ4v) is 5.81. The second-order valence-corrected chi connectivity index (χ2v) is 8.67. The van der Waals surface area contributed by atoms with Gasteiger partial charge in [0.15, 0.2) is 0 Å². The van der Waals surface area contributed by atoms with Gasteiger partial charge in [-0.1, -0.05) is 15.9 Å². The number of anilines is 1. The maximum Gasteiger partial charge on any atom is 0.256 e. The van der Waals surface area contributed by atoms with E-state index in [4.69, 9.17) is 0 Å². The monoisotopic (exact) mass is 456 g/mol. The van der Waals surface area contributed by atoms with Crippen molar-refractivity contribution in [1.29, 1.82) is 0 Å². The summed E-state index contributed by atoms with van der Waals surface area (Å²) in [6.07, 6.45) is 3.93. The Morgan fingerprint density at radius 1 is 1.17 bits per heavy atom. The van der Waals surface area contributed by atoms with Crippen molar-refractivity contribution in [3.8, 4) is 5.75 Å². The maximum absolute atomic E-state index is 12.6. The molecule has 23 heavy (non-hydrogen) atoms. The third kappa shape index (κ3) is 2.58. The number of nitrogens with one attached hydrogen (secondary N) is 2. The summed E-state index contributed by atoms with van der Waals surface area (Å²) in [7, 11) is 0. The molecule has 0 bridgehead atoms. The van der Waals surface area contributed by atoms with Crippen LogP contribution in [0.2, 0.25) is 0 Å². The number of aryl methyl sites for hydroxylation is 1. The number of rotatable bonds is 1. The number of hydrogen-bond acceptors (Lipinski definition) is 4. The summed E-state index contributed by atoms with van der Waals surface area (Å²) in [5.41, 5.74) is 2.64. The second kappa shape index (κ2) is 5.79. The first-order valence-corrected chi connectivity index (χ1v) is 9.84. The van der Waals surface area contributed by atoms with Gasteiger partial charge in [0.05, 0.1) is 10.0 Å². The lowest BCUT2D eigenvalue weighted by atomic mass is 9.94. The Bertz CT molecular complexity index is 819. The molecule has 0 unspecified atom stereocenters. The topological polar surface area (TPSA) is 61.4 Å². The summed E-state index contributed by atoms with van der Waals surface area (Å²) < 4.78 is 1.43. The molecule has 0 spiro atoms. The van der Waals surface area contributed by atoms with Gasteiger partial charge in [-0.05, 0) is 59.3 Å². The molecule has 2 aromatic rings. The average molecular weight is 458 g/mol. The third-order valence-electron chi connectivity index (χ3n) is 4.32. The average Bonchev–Trinajstić information content (AvgIpc) is 2.89. The molecule has 1 aromatic carbocycles. The highest BCUT2D eigenvalue weighted by Crippen LogP contribution is 2.43. The minimum Gasteiger partial charge on any atom is -0.506 e. The first-order valence-electron chi connectivity index (χ1n) is 7.44. The van der Waals surface area contributed by atoms with Gasteiger partial charge in [0.25, 0.3) is 5.91 Å². The SMILES string of the molecule is O=C1N[C@H](c2cc(Br)cc(Br)c2O)Nc2sc3c(c21)CCCC3. The zero-order valence-electron chi connectivity index (χ0n) is 12.1. The number of halogens is 2. The van der Waals surface area contributed by atoms with Crippen LogP contribution in [0.15, 0.2) is 21.1 Å². The van der Waals surface area contributed by atoms with Crippen molar-refractivity contribution < 1.29 is 9.90 Å². The number of hydrogen-bond donors (Lipinski definition) is 3. The molecule has 120 valence electrons. The molecular weight excluding hydrogens is 444 g/mol. The van der Waals surface area contributed by atoms with E-state index in [9.17, 15) is 9.90 Å². The molecule has 0 fully saturated rings. The first kappa shape index (κ1) is 15.5. The standard InChI is InChI=1S/C16H14Br2N2O2S/c17-7-5-9(13(21)10(18)6-7)14-19-15(22)12-8-3-1-2-4-11(8)23-16(12)20-14/h5-6,14,20-21H,1-4H2,(H,19,22)/t14-/m0/s1. The fraction of sp³-hybridized carbons (Fsp3) is 0.312. The number of amides is 1. The molecule has 4 rings (SSSR count). The Morgan fingerprint density at radius 2 is 1.96 bits per heavy atom. The van der Waals surface area contributed by atoms with Gasteiger partial charge in [-0.15, -0.1) is 11.3 Å². The minimum atomic E-state index is -0.441. The highest BCUT2D eigenvalue weighted by Gasteiger charge is 2.33. The van der Waals surface area contributed by atoms with Gasteiger partial charge in [0.1, 0.15) is 16.9 Å². The van der Waals surface area contributed by atoms with E-state index < -0.39 is 6.17 Å². The Hall–Kier alpha value is -1.05. The minimum absolute atomic E-state index is 0.0568. The van der Waals surface area contributed by atoms with Crippen LogP contribution in [0.3, 0.4) is 0 Å². The van der Waals surface area contributed by atoms with Gasteiger partial charge in [-0.3, -0.25) is 4.79 Å². The maximum atomic E-state index is 12.6. The highest BCUT2D eigenvalue weighted by molar-refractivity contribution is 9.11. The van der Waals surface area contributed by atoms with Crippen molar-refractivity contribution in [1.82, 2.24) is 5.32 Å². The zero-order chi connectivity index (χ0) is 16.1. The molecule has 1 amide bonds. The van der Waals surface area contributed by atoms with Crippen molar-refractivity contribution >= 4 is 54.1 Å². The molecule has 4 nitrogen and oxygen atoms in total. The summed E-state index contributed by atoms with van der Waals surface area (Å²) in [6.45, 7) is 0. The smallest absolute Gasteiger partial charge is 0.256 e. The lowest BCUT2D eigenvalue weighted by Gasteiger charge is -2.27. The Balaban J connectivity index is 1.76. The molecule has 2 heterocycles. The number of phenolic OH excluding ortho intramolecular Hbond substituents is 1. The van der Waals surface area contributed by atoms with E-state index >= 15 is 0 Å². The number of fused-ring (bicyclic) bond motifs is 3. The molecule has 2 aliphatic rings. The van der Waals surface area contributed by atoms with Crippen molar-refractivity contribution in [3.05, 3.63) is 42.6 Å². The predicted octanol–water partition coefficient (Wildman–Crippen LogP) is 4.71. The number of carbonyl (C=O) groups is 1. The van der Waals surface area contributed by atoms with E-state index in [1.807, 2.05) is 6.07 Å². The van der Waals surface area contributed by atoms with Gasteiger partial charge in [-0.25, -0.2) is 0 Å². The summed E-state index contributed by atoms with van der Waals surface area (Å²) in [5.74, 6) is 0.0782. The molecule has 3 N–H and O–H groups in total. The molecule has 1 aliphatic carbocycles. The number of carbonyl (C=O) groups excluding carboxylic acids is 1. The zero-order valence-corrected chi connectivity index (χ0v) is 16.1. The van der Waals surface area contributed by atoms with Crippen LogP contribution in [0.1, 0.15) is 45.4 Å². The molecule has 1 aromatic heterocycles. The van der Waals surface area contributed by atoms with Crippen molar-refractivity contribution in [2.45, 2.75) is 31.8 Å². The van der Waals surface area contributed by atoms with Crippen LogP contribution >= 0.6 is 43.2 Å². The number of phenols is 1. The van der Waals surface area contributed by atoms with Crippen LogP contribution in [0.5, 0.6) is 5.75 Å². The first-order chi connectivity index (χ1) is 11.0. The molecule has 0 saturated carbocycles. The predicted molar refractivity (Wildman–Crippen MR) is 98.3 cm³/mol. The largest absolute Gasteiger partial charge is 0.506 e. The van der Waals surface area contributed by atoms with E-state index in [-0.39, 0.29) is 11.7 Å². The Morgan fingerprint density at radius 3 is 2.78 bits per heavy atom.